The number of halogens is 1. The number of hydrogen-bond acceptors (Lipinski definition) is 7. The maximum atomic E-state index is 7.44. The van der Waals surface area contributed by atoms with E-state index in [9.17, 15) is 0 Å². The quantitative estimate of drug-likeness (QED) is 0.602. The van der Waals surface area contributed by atoms with Gasteiger partial charge in [0, 0.05) is 47.7 Å². The van der Waals surface area contributed by atoms with E-state index in [2.05, 4.69) is 55.2 Å². The van der Waals surface area contributed by atoms with Gasteiger partial charge in [0.2, 0.25) is 5.13 Å². The fourth-order valence-electron chi connectivity index (χ4n) is 4.26. The third-order valence-corrected chi connectivity index (χ3v) is 6.66. The molecule has 1 aliphatic heterocycles. The van der Waals surface area contributed by atoms with E-state index in [1.807, 2.05) is 18.2 Å². The van der Waals surface area contributed by atoms with Gasteiger partial charge in [-0.05, 0) is 58.2 Å². The van der Waals surface area contributed by atoms with Crippen molar-refractivity contribution in [3.8, 4) is 10.6 Å². The summed E-state index contributed by atoms with van der Waals surface area (Å²) in [5.74, 6) is 0. The average molecular weight is 433 g/mol. The highest BCUT2D eigenvalue weighted by Gasteiger charge is 2.39. The van der Waals surface area contributed by atoms with Gasteiger partial charge in [0.25, 0.3) is 0 Å². The summed E-state index contributed by atoms with van der Waals surface area (Å²) in [6.45, 7) is 9.00. The van der Waals surface area contributed by atoms with Crippen molar-refractivity contribution in [2.75, 3.05) is 11.9 Å². The van der Waals surface area contributed by atoms with Gasteiger partial charge in [-0.25, -0.2) is 0 Å². The van der Waals surface area contributed by atoms with E-state index in [1.54, 1.807) is 11.3 Å². The normalized spacial score (nSPS) is 19.2. The van der Waals surface area contributed by atoms with E-state index < -0.39 is 0 Å². The molecule has 3 rings (SSSR count). The molecule has 0 bridgehead atoms. The Balaban J connectivity index is 1.85. The summed E-state index contributed by atoms with van der Waals surface area (Å²) in [5.41, 5.74) is 7.96. The summed E-state index contributed by atoms with van der Waals surface area (Å²) in [6, 6.07) is 5.99. The molecule has 4 N–H and O–H groups in total. The van der Waals surface area contributed by atoms with Crippen molar-refractivity contribution in [2.45, 2.75) is 57.7 Å². The monoisotopic (exact) mass is 432 g/mol. The molecular formula is C21H29ClN6S. The molecule has 156 valence electrons. The van der Waals surface area contributed by atoms with Crippen molar-refractivity contribution in [2.24, 2.45) is 5.73 Å². The zero-order valence-corrected chi connectivity index (χ0v) is 19.2. The first-order valence-electron chi connectivity index (χ1n) is 9.63. The lowest BCUT2D eigenvalue weighted by Gasteiger charge is -2.48. The molecule has 8 heteroatoms. The molecule has 0 spiro atoms. The molecule has 29 heavy (non-hydrogen) atoms. The van der Waals surface area contributed by atoms with E-state index in [0.717, 1.165) is 34.1 Å². The van der Waals surface area contributed by atoms with Crippen LogP contribution in [0, 0.1) is 5.41 Å². The van der Waals surface area contributed by atoms with Crippen molar-refractivity contribution < 1.29 is 0 Å². The second-order valence-corrected chi connectivity index (χ2v) is 10.3. The van der Waals surface area contributed by atoms with Gasteiger partial charge in [0.05, 0.1) is 5.02 Å². The number of piperidine rings is 1. The number of nitrogens with zero attached hydrogens (tertiary/aromatic N) is 3. The number of anilines is 1. The minimum Gasteiger partial charge on any atom is -0.404 e. The van der Waals surface area contributed by atoms with Crippen molar-refractivity contribution in [3.05, 3.63) is 35.0 Å². The van der Waals surface area contributed by atoms with Gasteiger partial charge < -0.3 is 21.4 Å². The highest BCUT2D eigenvalue weighted by atomic mass is 35.5. The number of benzene rings is 1. The second-order valence-electron chi connectivity index (χ2n) is 8.92. The maximum Gasteiger partial charge on any atom is 0.208 e. The molecule has 6 nitrogen and oxygen atoms in total. The highest BCUT2D eigenvalue weighted by Crippen LogP contribution is 2.37. The van der Waals surface area contributed by atoms with Gasteiger partial charge in [-0.1, -0.05) is 29.0 Å². The molecule has 1 aromatic heterocycles. The lowest BCUT2D eigenvalue weighted by Crippen LogP contribution is -2.61. The predicted molar refractivity (Wildman–Crippen MR) is 124 cm³/mol. The van der Waals surface area contributed by atoms with Gasteiger partial charge in [0.15, 0.2) is 5.01 Å². The van der Waals surface area contributed by atoms with Crippen LogP contribution < -0.4 is 16.0 Å². The first kappa shape index (κ1) is 21.7. The molecule has 0 amide bonds. The first-order chi connectivity index (χ1) is 13.5. The lowest BCUT2D eigenvalue weighted by molar-refractivity contribution is 0.161. The Labute approximate surface area is 181 Å². The third-order valence-electron chi connectivity index (χ3n) is 5.30. The average Bonchev–Trinajstić information content (AvgIpc) is 3.09. The molecule has 1 aliphatic rings. The standard InChI is InChI=1S/C21H29ClN6S/c1-20(2)9-15(10-21(3,4)27-20)28(5)19-26-25-18(29-19)16-7-6-13(8-17(16)22)14(11-23)12-24/h6-8,11-12,15,23,27H,9-10,24H2,1-5H3/b14-12+,23-11?. The van der Waals surface area contributed by atoms with Crippen LogP contribution in [-0.4, -0.2) is 40.6 Å². The Hall–Kier alpha value is -1.96. The minimum absolute atomic E-state index is 0.0659. The summed E-state index contributed by atoms with van der Waals surface area (Å²) in [5, 5.41) is 22.2. The molecule has 2 aromatic rings. The lowest BCUT2D eigenvalue weighted by atomic mass is 9.79. The number of nitrogens with two attached hydrogens (primary N) is 1. The first-order valence-corrected chi connectivity index (χ1v) is 10.8. The zero-order valence-electron chi connectivity index (χ0n) is 17.6. The van der Waals surface area contributed by atoms with Gasteiger partial charge in [-0.3, -0.25) is 0 Å². The van der Waals surface area contributed by atoms with Crippen LogP contribution in [0.4, 0.5) is 5.13 Å². The van der Waals surface area contributed by atoms with Crippen molar-refractivity contribution in [1.29, 1.82) is 5.41 Å². The Bertz CT molecular complexity index is 917. The Morgan fingerprint density at radius 3 is 2.48 bits per heavy atom. The van der Waals surface area contributed by atoms with Crippen molar-refractivity contribution in [1.82, 2.24) is 15.5 Å². The topological polar surface area (TPSA) is 90.9 Å². The SMILES string of the molecule is CN(c1nnc(-c2ccc(/C(C=N)=C/N)cc2Cl)s1)C1CC(C)(C)NC(C)(C)C1. The molecule has 1 fully saturated rings. The molecule has 0 unspecified atom stereocenters. The maximum absolute atomic E-state index is 7.44. The summed E-state index contributed by atoms with van der Waals surface area (Å²) >= 11 is 8.05. The van der Waals surface area contributed by atoms with E-state index >= 15 is 0 Å². The van der Waals surface area contributed by atoms with Gasteiger partial charge in [-0.15, -0.1) is 10.2 Å². The Morgan fingerprint density at radius 1 is 1.28 bits per heavy atom. The van der Waals surface area contributed by atoms with Crippen LogP contribution in [0.3, 0.4) is 0 Å². The van der Waals surface area contributed by atoms with Crippen molar-refractivity contribution in [3.63, 3.8) is 0 Å². The predicted octanol–water partition coefficient (Wildman–Crippen LogP) is 4.55. The number of allylic oxidation sites excluding steroid dienone is 1. The van der Waals surface area contributed by atoms with Crippen LogP contribution in [0.5, 0.6) is 0 Å². The van der Waals surface area contributed by atoms with E-state index in [0.29, 0.717) is 16.6 Å². The van der Waals surface area contributed by atoms with E-state index in [-0.39, 0.29) is 11.1 Å². The minimum atomic E-state index is 0.0659. The summed E-state index contributed by atoms with van der Waals surface area (Å²) in [4.78, 5) is 2.25. The largest absolute Gasteiger partial charge is 0.404 e. The number of nitrogens with one attached hydrogen (secondary N) is 2. The van der Waals surface area contributed by atoms with Crippen LogP contribution in [0.1, 0.15) is 46.1 Å². The summed E-state index contributed by atoms with van der Waals surface area (Å²) < 4.78 is 0. The Kier molecular flexibility index (Phi) is 6.03. The smallest absolute Gasteiger partial charge is 0.208 e. The van der Waals surface area contributed by atoms with Crippen LogP contribution >= 0.6 is 22.9 Å². The van der Waals surface area contributed by atoms with Gasteiger partial charge >= 0.3 is 0 Å². The number of aromatic nitrogens is 2. The molecule has 1 saturated heterocycles. The van der Waals surface area contributed by atoms with Crippen LogP contribution in [0.2, 0.25) is 5.02 Å². The highest BCUT2D eigenvalue weighted by molar-refractivity contribution is 7.18. The van der Waals surface area contributed by atoms with Crippen molar-refractivity contribution >= 4 is 39.9 Å². The summed E-state index contributed by atoms with van der Waals surface area (Å²) in [6.07, 6.45) is 4.69. The molecule has 2 heterocycles. The van der Waals surface area contributed by atoms with Crippen LogP contribution in [0.15, 0.2) is 24.4 Å². The molecule has 0 aliphatic carbocycles. The fourth-order valence-corrected chi connectivity index (χ4v) is 5.50. The zero-order chi connectivity index (χ0) is 21.4. The molecular weight excluding hydrogens is 404 g/mol. The van der Waals surface area contributed by atoms with Gasteiger partial charge in [-0.2, -0.15) is 0 Å². The molecule has 0 atom stereocenters. The molecule has 1 aromatic carbocycles. The Morgan fingerprint density at radius 2 is 1.93 bits per heavy atom. The van der Waals surface area contributed by atoms with Crippen LogP contribution in [0.25, 0.3) is 16.1 Å². The van der Waals surface area contributed by atoms with Gasteiger partial charge in [0.1, 0.15) is 0 Å². The number of rotatable bonds is 5. The number of hydrogen-bond donors (Lipinski definition) is 3. The van der Waals surface area contributed by atoms with E-state index in [1.165, 1.54) is 12.4 Å². The summed E-state index contributed by atoms with van der Waals surface area (Å²) in [7, 11) is 2.10. The molecule has 0 radical (unpaired) electrons. The van der Waals surface area contributed by atoms with Crippen LogP contribution in [-0.2, 0) is 0 Å². The molecule has 0 saturated carbocycles. The van der Waals surface area contributed by atoms with E-state index in [4.69, 9.17) is 22.7 Å². The second kappa shape index (κ2) is 8.05. The third kappa shape index (κ3) is 4.79. The fraction of sp³-hybridized carbons (Fsp3) is 0.476.